The highest BCUT2D eigenvalue weighted by Crippen LogP contribution is 1.95. The number of likely N-dealkylation sites (N-methyl/N-ethyl adjacent to an activating group) is 1. The van der Waals surface area contributed by atoms with Crippen molar-refractivity contribution < 1.29 is 14.7 Å². The molecule has 1 atom stereocenters. The van der Waals surface area contributed by atoms with Gasteiger partial charge in [-0.25, -0.2) is 4.79 Å². The number of urea groups is 1. The third-order valence-corrected chi connectivity index (χ3v) is 1.62. The number of nitrogens with two attached hydrogens (primary N) is 1. The zero-order valence-electron chi connectivity index (χ0n) is 7.54. The third-order valence-electron chi connectivity index (χ3n) is 1.62. The van der Waals surface area contributed by atoms with E-state index >= 15 is 0 Å². The van der Waals surface area contributed by atoms with Gasteiger partial charge in [-0.15, -0.1) is 0 Å². The van der Waals surface area contributed by atoms with Crippen molar-refractivity contribution in [2.24, 2.45) is 5.73 Å². The topological polar surface area (TPSA) is 104 Å². The van der Waals surface area contributed by atoms with E-state index in [2.05, 4.69) is 10.6 Å². The Morgan fingerprint density at radius 3 is 2.54 bits per heavy atom. The fraction of sp³-hybridized carbons (Fsp3) is 0.714. The molecule has 0 rings (SSSR count). The average Bonchev–Trinajstić information content (AvgIpc) is 2.03. The van der Waals surface area contributed by atoms with Crippen molar-refractivity contribution in [2.75, 3.05) is 13.6 Å². The van der Waals surface area contributed by atoms with Crippen molar-refractivity contribution in [2.45, 2.75) is 18.9 Å². The normalized spacial score (nSPS) is 12.1. The van der Waals surface area contributed by atoms with Gasteiger partial charge in [-0.1, -0.05) is 0 Å². The largest absolute Gasteiger partial charge is 0.480 e. The predicted molar refractivity (Wildman–Crippen MR) is 47.3 cm³/mol. The van der Waals surface area contributed by atoms with Gasteiger partial charge in [0.2, 0.25) is 0 Å². The van der Waals surface area contributed by atoms with E-state index in [4.69, 9.17) is 10.8 Å². The fourth-order valence-corrected chi connectivity index (χ4v) is 0.909. The van der Waals surface area contributed by atoms with Gasteiger partial charge in [-0.2, -0.15) is 0 Å². The number of aliphatic carboxylic acids is 1. The molecule has 0 aromatic rings. The average molecular weight is 189 g/mol. The maximum absolute atomic E-state index is 10.5. The number of primary amides is 1. The summed E-state index contributed by atoms with van der Waals surface area (Å²) < 4.78 is 0. The van der Waals surface area contributed by atoms with Crippen LogP contribution in [0.5, 0.6) is 0 Å². The highest BCUT2D eigenvalue weighted by molar-refractivity contribution is 5.73. The summed E-state index contributed by atoms with van der Waals surface area (Å²) in [6.07, 6.45) is 1.05. The third kappa shape index (κ3) is 5.92. The minimum atomic E-state index is -0.887. The molecule has 0 aliphatic carbocycles. The van der Waals surface area contributed by atoms with E-state index in [-0.39, 0.29) is 0 Å². The zero-order valence-corrected chi connectivity index (χ0v) is 7.54. The highest BCUT2D eigenvalue weighted by atomic mass is 16.4. The van der Waals surface area contributed by atoms with E-state index in [0.29, 0.717) is 19.4 Å². The molecule has 0 saturated carbocycles. The second-order valence-electron chi connectivity index (χ2n) is 2.61. The second-order valence-corrected chi connectivity index (χ2v) is 2.61. The van der Waals surface area contributed by atoms with E-state index < -0.39 is 18.0 Å². The molecule has 2 amide bonds. The SMILES string of the molecule is CNC(CCCNC(N)=O)C(=O)O. The Balaban J connectivity index is 3.50. The maximum Gasteiger partial charge on any atom is 0.320 e. The number of hydrogen-bond donors (Lipinski definition) is 4. The van der Waals surface area contributed by atoms with Gasteiger partial charge in [-0.3, -0.25) is 4.79 Å². The molecule has 1 unspecified atom stereocenters. The number of rotatable bonds is 6. The summed E-state index contributed by atoms with van der Waals surface area (Å²) >= 11 is 0. The summed E-state index contributed by atoms with van der Waals surface area (Å²) in [5, 5.41) is 13.6. The molecule has 13 heavy (non-hydrogen) atoms. The van der Waals surface area contributed by atoms with Gasteiger partial charge in [0.25, 0.3) is 0 Å². The Morgan fingerprint density at radius 2 is 2.15 bits per heavy atom. The molecule has 0 aromatic heterocycles. The van der Waals surface area contributed by atoms with Crippen LogP contribution in [0.3, 0.4) is 0 Å². The van der Waals surface area contributed by atoms with Crippen LogP contribution in [-0.4, -0.2) is 36.7 Å². The van der Waals surface area contributed by atoms with Gasteiger partial charge < -0.3 is 21.5 Å². The standard InChI is InChI=1S/C7H15N3O3/c1-9-5(6(11)12)3-2-4-10-7(8)13/h5,9H,2-4H2,1H3,(H,11,12)(H3,8,10,13). The highest BCUT2D eigenvalue weighted by Gasteiger charge is 2.13. The maximum atomic E-state index is 10.5. The van der Waals surface area contributed by atoms with Crippen LogP contribution in [0.15, 0.2) is 0 Å². The van der Waals surface area contributed by atoms with Gasteiger partial charge in [0.15, 0.2) is 0 Å². The summed E-state index contributed by atoms with van der Waals surface area (Å²) in [5.74, 6) is -0.887. The molecule has 76 valence electrons. The minimum Gasteiger partial charge on any atom is -0.480 e. The summed E-state index contributed by atoms with van der Waals surface area (Å²) in [6.45, 7) is 0.404. The molecular weight excluding hydrogens is 174 g/mol. The first-order chi connectivity index (χ1) is 6.07. The van der Waals surface area contributed by atoms with Gasteiger partial charge in [0, 0.05) is 6.54 Å². The fourth-order valence-electron chi connectivity index (χ4n) is 0.909. The number of nitrogens with one attached hydrogen (secondary N) is 2. The smallest absolute Gasteiger partial charge is 0.320 e. The van der Waals surface area contributed by atoms with Crippen LogP contribution in [0.1, 0.15) is 12.8 Å². The number of carboxylic acids is 1. The number of amides is 2. The van der Waals surface area contributed by atoms with Crippen molar-refractivity contribution in [3.63, 3.8) is 0 Å². The van der Waals surface area contributed by atoms with E-state index in [0.717, 1.165) is 0 Å². The van der Waals surface area contributed by atoms with E-state index in [9.17, 15) is 9.59 Å². The molecular formula is C7H15N3O3. The molecule has 5 N–H and O–H groups in total. The van der Waals surface area contributed by atoms with Crippen LogP contribution in [0.25, 0.3) is 0 Å². The van der Waals surface area contributed by atoms with Gasteiger partial charge in [0.1, 0.15) is 6.04 Å². The molecule has 0 heterocycles. The summed E-state index contributed by atoms with van der Waals surface area (Å²) in [6, 6.07) is -1.15. The monoisotopic (exact) mass is 189 g/mol. The predicted octanol–water partition coefficient (Wildman–Crippen LogP) is -0.892. The van der Waals surface area contributed by atoms with Gasteiger partial charge >= 0.3 is 12.0 Å². The Hall–Kier alpha value is -1.30. The van der Waals surface area contributed by atoms with Crippen LogP contribution in [0.4, 0.5) is 4.79 Å². The molecule has 6 nitrogen and oxygen atoms in total. The van der Waals surface area contributed by atoms with Crippen LogP contribution >= 0.6 is 0 Å². The van der Waals surface area contributed by atoms with Crippen LogP contribution in [0.2, 0.25) is 0 Å². The first-order valence-corrected chi connectivity index (χ1v) is 4.01. The zero-order chi connectivity index (χ0) is 10.3. The second kappa shape index (κ2) is 6.24. The van der Waals surface area contributed by atoms with E-state index in [1.807, 2.05) is 0 Å². The van der Waals surface area contributed by atoms with Gasteiger partial charge in [-0.05, 0) is 19.9 Å². The van der Waals surface area contributed by atoms with E-state index in [1.54, 1.807) is 7.05 Å². The van der Waals surface area contributed by atoms with Crippen molar-refractivity contribution in [1.29, 1.82) is 0 Å². The number of carbonyl (C=O) groups excluding carboxylic acids is 1. The van der Waals surface area contributed by atoms with Crippen LogP contribution in [0, 0.1) is 0 Å². The molecule has 0 fully saturated rings. The van der Waals surface area contributed by atoms with Crippen molar-refractivity contribution >= 4 is 12.0 Å². The van der Waals surface area contributed by atoms with Crippen LogP contribution in [-0.2, 0) is 4.79 Å². The lowest BCUT2D eigenvalue weighted by Crippen LogP contribution is -2.35. The lowest BCUT2D eigenvalue weighted by atomic mass is 10.1. The molecule has 0 aliphatic rings. The quantitative estimate of drug-likeness (QED) is 0.407. The number of carbonyl (C=O) groups is 2. The molecule has 0 bridgehead atoms. The first kappa shape index (κ1) is 11.7. The minimum absolute atomic E-state index is 0.404. The lowest BCUT2D eigenvalue weighted by molar-refractivity contribution is -0.139. The molecule has 6 heteroatoms. The summed E-state index contributed by atoms with van der Waals surface area (Å²) in [7, 11) is 1.58. The van der Waals surface area contributed by atoms with Crippen molar-refractivity contribution in [3.05, 3.63) is 0 Å². The van der Waals surface area contributed by atoms with Crippen LogP contribution < -0.4 is 16.4 Å². The molecule has 0 radical (unpaired) electrons. The van der Waals surface area contributed by atoms with Crippen molar-refractivity contribution in [1.82, 2.24) is 10.6 Å². The van der Waals surface area contributed by atoms with E-state index in [1.165, 1.54) is 0 Å². The molecule has 0 spiro atoms. The Bertz CT molecular complexity index is 184. The van der Waals surface area contributed by atoms with Crippen molar-refractivity contribution in [3.8, 4) is 0 Å². The Labute approximate surface area is 76.5 Å². The van der Waals surface area contributed by atoms with Gasteiger partial charge in [0.05, 0.1) is 0 Å². The Morgan fingerprint density at radius 1 is 1.54 bits per heavy atom. The molecule has 0 aromatic carbocycles. The molecule has 0 saturated heterocycles. The summed E-state index contributed by atoms with van der Waals surface area (Å²) in [4.78, 5) is 20.7. The Kier molecular flexibility index (Phi) is 5.62. The number of carboxylic acid groups (broad SMARTS) is 1. The number of hydrogen-bond acceptors (Lipinski definition) is 3. The lowest BCUT2D eigenvalue weighted by Gasteiger charge is -2.10. The summed E-state index contributed by atoms with van der Waals surface area (Å²) in [5.41, 5.74) is 4.82. The first-order valence-electron chi connectivity index (χ1n) is 4.01. The molecule has 0 aliphatic heterocycles.